The van der Waals surface area contributed by atoms with E-state index in [1.165, 1.54) is 25.3 Å². The number of aliphatic imine (C=N–C) groups is 1. The number of fused-ring (bicyclic) bond motifs is 2. The maximum absolute atomic E-state index is 4.27. The summed E-state index contributed by atoms with van der Waals surface area (Å²) in [6.07, 6.45) is 0. The quantitative estimate of drug-likeness (QED) is 0.406. The van der Waals surface area contributed by atoms with E-state index in [1.54, 1.807) is 0 Å². The Morgan fingerprint density at radius 3 is 2.43 bits per heavy atom. The van der Waals surface area contributed by atoms with Crippen LogP contribution >= 0.6 is 0 Å². The van der Waals surface area contributed by atoms with E-state index < -0.39 is 0 Å². The lowest BCUT2D eigenvalue weighted by Crippen LogP contribution is -2.51. The largest absolute Gasteiger partial charge is 0.290 e. The lowest BCUT2D eigenvalue weighted by atomic mass is 10.1. The first kappa shape index (κ1) is 3.61. The summed E-state index contributed by atoms with van der Waals surface area (Å²) in [5, 5.41) is 0. The Balaban J connectivity index is 2.23. The Labute approximate surface area is 42.8 Å². The molecule has 0 N–H and O–H groups in total. The van der Waals surface area contributed by atoms with Crippen LogP contribution in [0.15, 0.2) is 4.99 Å². The van der Waals surface area contributed by atoms with Crippen LogP contribution in [-0.2, 0) is 0 Å². The molecule has 3 rings (SSSR count). The molecule has 0 unspecified atom stereocenters. The van der Waals surface area contributed by atoms with Gasteiger partial charge in [-0.05, 0) is 0 Å². The molecule has 0 radical (unpaired) electrons. The van der Waals surface area contributed by atoms with Crippen LogP contribution in [0.4, 0.5) is 0 Å². The van der Waals surface area contributed by atoms with Crippen LogP contribution < -0.4 is 0 Å². The summed E-state index contributed by atoms with van der Waals surface area (Å²) >= 11 is 0. The fourth-order valence-electron chi connectivity index (χ4n) is 1.08. The molecular formula is C5H8N2. The predicted molar refractivity (Wildman–Crippen MR) is 28.7 cm³/mol. The van der Waals surface area contributed by atoms with Gasteiger partial charge in [-0.2, -0.15) is 0 Å². The summed E-state index contributed by atoms with van der Waals surface area (Å²) in [5.41, 5.74) is 1.41. The standard InChI is InChI=1S/C5H8N2/c1-2-7-3-5(4-7)6-1/h1-4H2. The van der Waals surface area contributed by atoms with Crippen molar-refractivity contribution in [3.8, 4) is 0 Å². The molecule has 0 aromatic heterocycles. The first-order chi connectivity index (χ1) is 3.45. The molecule has 2 heteroatoms. The van der Waals surface area contributed by atoms with Crippen LogP contribution in [0.5, 0.6) is 0 Å². The van der Waals surface area contributed by atoms with Crippen LogP contribution in [0.1, 0.15) is 0 Å². The molecule has 1 fully saturated rings. The molecule has 0 saturated carbocycles. The van der Waals surface area contributed by atoms with Crippen molar-refractivity contribution in [3.05, 3.63) is 0 Å². The van der Waals surface area contributed by atoms with Gasteiger partial charge in [0.1, 0.15) is 0 Å². The molecular weight excluding hydrogens is 88.1 g/mol. The Morgan fingerprint density at radius 2 is 2.29 bits per heavy atom. The summed E-state index contributed by atoms with van der Waals surface area (Å²) in [6.45, 7) is 4.58. The van der Waals surface area contributed by atoms with Gasteiger partial charge in [-0.15, -0.1) is 0 Å². The van der Waals surface area contributed by atoms with E-state index in [0.717, 1.165) is 6.54 Å². The zero-order valence-corrected chi connectivity index (χ0v) is 4.22. The van der Waals surface area contributed by atoms with Crippen LogP contribution in [0.2, 0.25) is 0 Å². The number of hydrogen-bond acceptors (Lipinski definition) is 2. The first-order valence-electron chi connectivity index (χ1n) is 2.70. The van der Waals surface area contributed by atoms with E-state index in [1.807, 2.05) is 0 Å². The fourth-order valence-corrected chi connectivity index (χ4v) is 1.08. The van der Waals surface area contributed by atoms with Crippen molar-refractivity contribution >= 4 is 5.71 Å². The van der Waals surface area contributed by atoms with Crippen molar-refractivity contribution in [1.29, 1.82) is 0 Å². The van der Waals surface area contributed by atoms with E-state index in [2.05, 4.69) is 9.89 Å². The van der Waals surface area contributed by atoms with Crippen molar-refractivity contribution in [2.75, 3.05) is 26.2 Å². The lowest BCUT2D eigenvalue weighted by molar-refractivity contribution is 0.293. The van der Waals surface area contributed by atoms with Crippen LogP contribution in [-0.4, -0.2) is 36.8 Å². The van der Waals surface area contributed by atoms with Gasteiger partial charge in [-0.25, -0.2) is 0 Å². The van der Waals surface area contributed by atoms with Crippen molar-refractivity contribution < 1.29 is 0 Å². The Bertz CT molecular complexity index is 109. The second kappa shape index (κ2) is 1.07. The predicted octanol–water partition coefficient (Wildman–Crippen LogP) is -0.243. The third-order valence-corrected chi connectivity index (χ3v) is 1.56. The first-order valence-corrected chi connectivity index (χ1v) is 2.70. The number of nitrogens with zero attached hydrogens (tertiary/aromatic N) is 2. The molecule has 0 atom stereocenters. The molecule has 1 saturated heterocycles. The van der Waals surface area contributed by atoms with Gasteiger partial charge in [-0.3, -0.25) is 9.89 Å². The SMILES string of the molecule is C1CN2CC(=N1)C2. The van der Waals surface area contributed by atoms with E-state index in [9.17, 15) is 0 Å². The van der Waals surface area contributed by atoms with E-state index in [4.69, 9.17) is 0 Å². The minimum atomic E-state index is 1.05. The summed E-state index contributed by atoms with van der Waals surface area (Å²) in [4.78, 5) is 6.68. The van der Waals surface area contributed by atoms with Gasteiger partial charge < -0.3 is 0 Å². The molecule has 3 aliphatic heterocycles. The van der Waals surface area contributed by atoms with E-state index >= 15 is 0 Å². The molecule has 0 aromatic rings. The van der Waals surface area contributed by atoms with Crippen LogP contribution in [0.25, 0.3) is 0 Å². The number of hydrogen-bond donors (Lipinski definition) is 0. The van der Waals surface area contributed by atoms with Crippen LogP contribution in [0, 0.1) is 0 Å². The highest BCUT2D eigenvalue weighted by Gasteiger charge is 2.23. The minimum absolute atomic E-state index is 1.05. The van der Waals surface area contributed by atoms with Gasteiger partial charge in [0.25, 0.3) is 0 Å². The van der Waals surface area contributed by atoms with Crippen LogP contribution in [0.3, 0.4) is 0 Å². The summed E-state index contributed by atoms with van der Waals surface area (Å²) < 4.78 is 0. The van der Waals surface area contributed by atoms with Gasteiger partial charge in [0, 0.05) is 25.3 Å². The molecule has 7 heavy (non-hydrogen) atoms. The normalized spacial score (nSPS) is 28.9. The maximum atomic E-state index is 4.27. The van der Waals surface area contributed by atoms with E-state index in [-0.39, 0.29) is 0 Å². The second-order valence-electron chi connectivity index (χ2n) is 2.16. The zero-order valence-electron chi connectivity index (χ0n) is 4.22. The van der Waals surface area contributed by atoms with E-state index in [0.29, 0.717) is 0 Å². The third kappa shape index (κ3) is 0.399. The summed E-state index contributed by atoms with van der Waals surface area (Å²) in [5.74, 6) is 0. The Hall–Kier alpha value is -0.370. The molecule has 3 heterocycles. The minimum Gasteiger partial charge on any atom is -0.290 e. The van der Waals surface area contributed by atoms with Gasteiger partial charge in [-0.1, -0.05) is 0 Å². The molecule has 2 nitrogen and oxygen atoms in total. The summed E-state index contributed by atoms with van der Waals surface area (Å²) in [6, 6.07) is 0. The second-order valence-corrected chi connectivity index (χ2v) is 2.16. The highest BCUT2D eigenvalue weighted by Crippen LogP contribution is 2.07. The van der Waals surface area contributed by atoms with Crippen molar-refractivity contribution in [3.63, 3.8) is 0 Å². The fraction of sp³-hybridized carbons (Fsp3) is 0.800. The topological polar surface area (TPSA) is 15.6 Å². The Kier molecular flexibility index (Phi) is 0.551. The molecule has 0 aliphatic carbocycles. The molecule has 2 bridgehead atoms. The maximum Gasteiger partial charge on any atom is 0.0517 e. The van der Waals surface area contributed by atoms with Crippen molar-refractivity contribution in [1.82, 2.24) is 4.90 Å². The average Bonchev–Trinajstić information content (AvgIpc) is 1.67. The molecule has 3 aliphatic rings. The smallest absolute Gasteiger partial charge is 0.0517 e. The van der Waals surface area contributed by atoms with Crippen molar-refractivity contribution in [2.45, 2.75) is 0 Å². The van der Waals surface area contributed by atoms with Gasteiger partial charge in [0.05, 0.1) is 6.54 Å². The molecule has 0 aromatic carbocycles. The van der Waals surface area contributed by atoms with Crippen molar-refractivity contribution in [2.24, 2.45) is 4.99 Å². The van der Waals surface area contributed by atoms with Gasteiger partial charge in [0.2, 0.25) is 0 Å². The third-order valence-electron chi connectivity index (χ3n) is 1.56. The van der Waals surface area contributed by atoms with Gasteiger partial charge >= 0.3 is 0 Å². The average molecular weight is 96.1 g/mol. The summed E-state index contributed by atoms with van der Waals surface area (Å²) in [7, 11) is 0. The monoisotopic (exact) mass is 96.1 g/mol. The molecule has 0 spiro atoms. The number of rotatable bonds is 0. The Morgan fingerprint density at radius 1 is 1.43 bits per heavy atom. The highest BCUT2D eigenvalue weighted by molar-refractivity contribution is 5.93. The zero-order chi connectivity index (χ0) is 4.69. The molecule has 0 amide bonds. The van der Waals surface area contributed by atoms with Gasteiger partial charge in [0.15, 0.2) is 0 Å². The highest BCUT2D eigenvalue weighted by atomic mass is 15.2. The lowest BCUT2D eigenvalue weighted by Gasteiger charge is -2.36. The molecule has 38 valence electrons.